The van der Waals surface area contributed by atoms with Crippen molar-refractivity contribution in [3.8, 4) is 0 Å². The zero-order valence-electron chi connectivity index (χ0n) is 10.4. The summed E-state index contributed by atoms with van der Waals surface area (Å²) in [5.74, 6) is -0.287. The molecule has 19 heavy (non-hydrogen) atoms. The van der Waals surface area contributed by atoms with Crippen LogP contribution < -0.4 is 4.90 Å². The van der Waals surface area contributed by atoms with Crippen LogP contribution in [0.1, 0.15) is 16.8 Å². The van der Waals surface area contributed by atoms with Crippen LogP contribution in [-0.2, 0) is 9.53 Å². The SMILES string of the molecule is COC(=O)c1cccc(Cl)c1N1CC(CBr)CC1=O. The first-order valence-electron chi connectivity index (χ1n) is 5.81. The van der Waals surface area contributed by atoms with Gasteiger partial charge in [0, 0.05) is 18.3 Å². The van der Waals surface area contributed by atoms with E-state index in [1.165, 1.54) is 7.11 Å². The summed E-state index contributed by atoms with van der Waals surface area (Å²) >= 11 is 9.53. The van der Waals surface area contributed by atoms with Crippen LogP contribution in [-0.4, -0.2) is 30.9 Å². The van der Waals surface area contributed by atoms with E-state index in [1.54, 1.807) is 23.1 Å². The molecule has 102 valence electrons. The van der Waals surface area contributed by atoms with Crippen LogP contribution in [0.4, 0.5) is 5.69 Å². The number of para-hydroxylation sites is 1. The van der Waals surface area contributed by atoms with Gasteiger partial charge in [0.15, 0.2) is 0 Å². The number of rotatable bonds is 3. The number of carbonyl (C=O) groups excluding carboxylic acids is 2. The van der Waals surface area contributed by atoms with E-state index in [0.29, 0.717) is 29.2 Å². The Bertz CT molecular complexity index is 521. The molecule has 6 heteroatoms. The number of methoxy groups -OCH3 is 1. The van der Waals surface area contributed by atoms with Crippen LogP contribution in [0.15, 0.2) is 18.2 Å². The van der Waals surface area contributed by atoms with Crippen LogP contribution in [0.3, 0.4) is 0 Å². The Morgan fingerprint density at radius 3 is 2.89 bits per heavy atom. The predicted octanol–water partition coefficient (Wildman–Crippen LogP) is 2.87. The number of ether oxygens (including phenoxy) is 1. The molecule has 1 aliphatic heterocycles. The third-order valence-electron chi connectivity index (χ3n) is 3.09. The van der Waals surface area contributed by atoms with E-state index >= 15 is 0 Å². The molecule has 4 nitrogen and oxygen atoms in total. The summed E-state index contributed by atoms with van der Waals surface area (Å²) in [7, 11) is 1.31. The maximum Gasteiger partial charge on any atom is 0.340 e. The van der Waals surface area contributed by atoms with Gasteiger partial charge in [-0.2, -0.15) is 0 Å². The first-order valence-corrected chi connectivity index (χ1v) is 7.31. The Balaban J connectivity index is 2.44. The molecule has 1 saturated heterocycles. The molecule has 1 amide bonds. The number of amides is 1. The maximum absolute atomic E-state index is 12.1. The van der Waals surface area contributed by atoms with Gasteiger partial charge in [-0.15, -0.1) is 0 Å². The lowest BCUT2D eigenvalue weighted by Crippen LogP contribution is -2.27. The van der Waals surface area contributed by atoms with Crippen molar-refractivity contribution in [1.82, 2.24) is 0 Å². The van der Waals surface area contributed by atoms with Gasteiger partial charge in [-0.25, -0.2) is 4.79 Å². The predicted molar refractivity (Wildman–Crippen MR) is 77.0 cm³/mol. The van der Waals surface area contributed by atoms with E-state index < -0.39 is 5.97 Å². The number of carbonyl (C=O) groups is 2. The molecular weight excluding hydrogens is 334 g/mol. The largest absolute Gasteiger partial charge is 0.465 e. The first-order chi connectivity index (χ1) is 9.08. The van der Waals surface area contributed by atoms with Gasteiger partial charge in [0.25, 0.3) is 0 Å². The lowest BCUT2D eigenvalue weighted by molar-refractivity contribution is -0.117. The molecule has 0 bridgehead atoms. The highest BCUT2D eigenvalue weighted by atomic mass is 79.9. The fourth-order valence-electron chi connectivity index (χ4n) is 2.17. The number of esters is 1. The normalized spacial score (nSPS) is 18.8. The monoisotopic (exact) mass is 345 g/mol. The molecule has 0 saturated carbocycles. The number of hydrogen-bond acceptors (Lipinski definition) is 3. The van der Waals surface area contributed by atoms with E-state index in [1.807, 2.05) is 0 Å². The minimum atomic E-state index is -0.493. The third kappa shape index (κ3) is 2.77. The summed E-state index contributed by atoms with van der Waals surface area (Å²) in [6.07, 6.45) is 0.455. The van der Waals surface area contributed by atoms with Gasteiger partial charge in [0.05, 0.1) is 23.4 Å². The molecule has 0 aromatic heterocycles. The van der Waals surface area contributed by atoms with Crippen molar-refractivity contribution >= 4 is 45.1 Å². The van der Waals surface area contributed by atoms with Crippen molar-refractivity contribution in [3.05, 3.63) is 28.8 Å². The molecule has 1 fully saturated rings. The summed E-state index contributed by atoms with van der Waals surface area (Å²) in [5, 5.41) is 1.12. The average molecular weight is 347 g/mol. The van der Waals surface area contributed by atoms with Crippen molar-refractivity contribution < 1.29 is 14.3 Å². The van der Waals surface area contributed by atoms with Crippen molar-refractivity contribution in [2.24, 2.45) is 5.92 Å². The van der Waals surface area contributed by atoms with Gasteiger partial charge >= 0.3 is 5.97 Å². The minimum Gasteiger partial charge on any atom is -0.465 e. The fraction of sp³-hybridized carbons (Fsp3) is 0.385. The van der Waals surface area contributed by atoms with Gasteiger partial charge in [0.2, 0.25) is 5.91 Å². The molecule has 1 aromatic rings. The molecule has 1 aromatic carbocycles. The van der Waals surface area contributed by atoms with Crippen molar-refractivity contribution in [3.63, 3.8) is 0 Å². The standard InChI is InChI=1S/C13H13BrClNO3/c1-19-13(18)9-3-2-4-10(15)12(9)16-7-8(6-14)5-11(16)17/h2-4,8H,5-7H2,1H3. The summed E-state index contributed by atoms with van der Waals surface area (Å²) in [6.45, 7) is 0.553. The average Bonchev–Trinajstić information content (AvgIpc) is 2.78. The summed E-state index contributed by atoms with van der Waals surface area (Å²) < 4.78 is 4.74. The highest BCUT2D eigenvalue weighted by Crippen LogP contribution is 2.35. The topological polar surface area (TPSA) is 46.6 Å². The molecular formula is C13H13BrClNO3. The Morgan fingerprint density at radius 1 is 1.58 bits per heavy atom. The molecule has 2 rings (SSSR count). The molecule has 1 atom stereocenters. The van der Waals surface area contributed by atoms with Crippen molar-refractivity contribution in [1.29, 1.82) is 0 Å². The van der Waals surface area contributed by atoms with Gasteiger partial charge < -0.3 is 9.64 Å². The third-order valence-corrected chi connectivity index (χ3v) is 4.31. The Labute approximate surface area is 124 Å². The summed E-state index contributed by atoms with van der Waals surface area (Å²) in [4.78, 5) is 25.4. The first kappa shape index (κ1) is 14.3. The number of halogens is 2. The number of anilines is 1. The second-order valence-electron chi connectivity index (χ2n) is 4.36. The quantitative estimate of drug-likeness (QED) is 0.624. The van der Waals surface area contributed by atoms with Crippen LogP contribution in [0.2, 0.25) is 5.02 Å². The summed E-state index contributed by atoms with van der Waals surface area (Å²) in [6, 6.07) is 4.94. The lowest BCUT2D eigenvalue weighted by atomic mass is 10.1. The molecule has 0 radical (unpaired) electrons. The maximum atomic E-state index is 12.1. The zero-order chi connectivity index (χ0) is 14.0. The van der Waals surface area contributed by atoms with Gasteiger partial charge in [-0.05, 0) is 18.1 Å². The van der Waals surface area contributed by atoms with E-state index in [-0.39, 0.29) is 11.8 Å². The van der Waals surface area contributed by atoms with Crippen LogP contribution in [0.5, 0.6) is 0 Å². The molecule has 1 unspecified atom stereocenters. The Morgan fingerprint density at radius 2 is 2.32 bits per heavy atom. The highest BCUT2D eigenvalue weighted by molar-refractivity contribution is 9.09. The van der Waals surface area contributed by atoms with Gasteiger partial charge in [-0.1, -0.05) is 33.6 Å². The van der Waals surface area contributed by atoms with E-state index in [2.05, 4.69) is 15.9 Å². The Kier molecular flexibility index (Phi) is 4.47. The second-order valence-corrected chi connectivity index (χ2v) is 5.41. The number of alkyl halides is 1. The van der Waals surface area contributed by atoms with Crippen LogP contribution in [0, 0.1) is 5.92 Å². The van der Waals surface area contributed by atoms with Gasteiger partial charge in [-0.3, -0.25) is 4.79 Å². The fourth-order valence-corrected chi connectivity index (χ4v) is 2.88. The highest BCUT2D eigenvalue weighted by Gasteiger charge is 2.33. The van der Waals surface area contributed by atoms with E-state index in [4.69, 9.17) is 16.3 Å². The lowest BCUT2D eigenvalue weighted by Gasteiger charge is -2.20. The second kappa shape index (κ2) is 5.92. The van der Waals surface area contributed by atoms with Crippen molar-refractivity contribution in [2.75, 3.05) is 23.9 Å². The molecule has 0 aliphatic carbocycles. The Hall–Kier alpha value is -1.07. The number of benzene rings is 1. The van der Waals surface area contributed by atoms with E-state index in [0.717, 1.165) is 5.33 Å². The van der Waals surface area contributed by atoms with Crippen LogP contribution >= 0.6 is 27.5 Å². The number of nitrogens with zero attached hydrogens (tertiary/aromatic N) is 1. The van der Waals surface area contributed by atoms with Crippen molar-refractivity contribution in [2.45, 2.75) is 6.42 Å². The molecule has 0 N–H and O–H groups in total. The molecule has 1 heterocycles. The summed E-state index contributed by atoms with van der Waals surface area (Å²) in [5.41, 5.74) is 0.767. The number of hydrogen-bond donors (Lipinski definition) is 0. The van der Waals surface area contributed by atoms with Gasteiger partial charge in [0.1, 0.15) is 0 Å². The van der Waals surface area contributed by atoms with E-state index in [9.17, 15) is 9.59 Å². The zero-order valence-corrected chi connectivity index (χ0v) is 12.7. The molecule has 1 aliphatic rings. The smallest absolute Gasteiger partial charge is 0.340 e. The van der Waals surface area contributed by atoms with Crippen LogP contribution in [0.25, 0.3) is 0 Å². The molecule has 0 spiro atoms. The minimum absolute atomic E-state index is 0.0253.